The first-order valence-corrected chi connectivity index (χ1v) is 11.1. The molecular weight excluding hydrogens is 416 g/mol. The van der Waals surface area contributed by atoms with Gasteiger partial charge in [-0.05, 0) is 56.0 Å². The van der Waals surface area contributed by atoms with Gasteiger partial charge in [-0.3, -0.25) is 9.48 Å². The Bertz CT molecular complexity index is 1270. The summed E-state index contributed by atoms with van der Waals surface area (Å²) in [5.41, 5.74) is 5.92. The molecule has 0 radical (unpaired) electrons. The van der Waals surface area contributed by atoms with Gasteiger partial charge in [-0.1, -0.05) is 24.3 Å². The molecule has 2 aromatic carbocycles. The third-order valence-electron chi connectivity index (χ3n) is 5.95. The molecule has 1 amide bonds. The van der Waals surface area contributed by atoms with Gasteiger partial charge in [-0.25, -0.2) is 0 Å². The number of benzene rings is 2. The van der Waals surface area contributed by atoms with Crippen LogP contribution in [0.5, 0.6) is 11.5 Å². The number of carbonyl (C=O) groups is 1. The first kappa shape index (κ1) is 22.5. The van der Waals surface area contributed by atoms with E-state index in [9.17, 15) is 4.79 Å². The molecule has 172 valence electrons. The molecule has 0 bridgehead atoms. The number of nitrogens with zero attached hydrogens (tertiary/aromatic N) is 2. The van der Waals surface area contributed by atoms with Gasteiger partial charge in [0.25, 0.3) is 0 Å². The van der Waals surface area contributed by atoms with Crippen LogP contribution in [0.3, 0.4) is 0 Å². The highest BCUT2D eigenvalue weighted by molar-refractivity contribution is 5.92. The number of aryl methyl sites for hydroxylation is 2. The zero-order valence-electron chi connectivity index (χ0n) is 19.6. The van der Waals surface area contributed by atoms with Crippen molar-refractivity contribution < 1.29 is 14.3 Å². The number of hydrogen-bond acceptors (Lipinski definition) is 4. The van der Waals surface area contributed by atoms with Crippen LogP contribution >= 0.6 is 0 Å². The van der Waals surface area contributed by atoms with E-state index in [-0.39, 0.29) is 5.91 Å². The minimum Gasteiger partial charge on any atom is -0.493 e. The molecule has 0 spiro atoms. The fourth-order valence-electron chi connectivity index (χ4n) is 4.16. The number of para-hydroxylation sites is 1. The van der Waals surface area contributed by atoms with E-state index in [1.807, 2.05) is 55.1 Å². The van der Waals surface area contributed by atoms with Crippen LogP contribution in [0.1, 0.15) is 35.4 Å². The Kier molecular flexibility index (Phi) is 6.68. The van der Waals surface area contributed by atoms with Crippen molar-refractivity contribution in [2.24, 2.45) is 0 Å². The highest BCUT2D eigenvalue weighted by atomic mass is 16.5. The minimum atomic E-state index is 0.00621. The number of ether oxygens (including phenoxy) is 2. The number of rotatable bonds is 9. The normalized spacial score (nSPS) is 11.0. The van der Waals surface area contributed by atoms with Crippen LogP contribution < -0.4 is 14.8 Å². The molecule has 4 aromatic rings. The Balaban J connectivity index is 1.38. The van der Waals surface area contributed by atoms with Crippen molar-refractivity contribution in [2.45, 2.75) is 39.7 Å². The fraction of sp³-hybridized carbons (Fsp3) is 0.308. The number of fused-ring (bicyclic) bond motifs is 1. The quantitative estimate of drug-likeness (QED) is 0.379. The van der Waals surface area contributed by atoms with Crippen LogP contribution in [0.25, 0.3) is 10.9 Å². The van der Waals surface area contributed by atoms with Gasteiger partial charge in [-0.2, -0.15) is 5.10 Å². The number of amides is 1. The average Bonchev–Trinajstić information content (AvgIpc) is 3.35. The SMILES string of the molecule is COc1ccc(Cn2nc(C)c(NC(=O)CCCc3c[nH]c4ccccc34)c2C)cc1OC. The molecule has 7 nitrogen and oxygen atoms in total. The third-order valence-corrected chi connectivity index (χ3v) is 5.95. The predicted molar refractivity (Wildman–Crippen MR) is 130 cm³/mol. The van der Waals surface area contributed by atoms with Gasteiger partial charge in [0.15, 0.2) is 11.5 Å². The van der Waals surface area contributed by atoms with Crippen LogP contribution in [0, 0.1) is 13.8 Å². The molecule has 0 unspecified atom stereocenters. The zero-order chi connectivity index (χ0) is 23.4. The summed E-state index contributed by atoms with van der Waals surface area (Å²) in [7, 11) is 3.24. The molecule has 2 N–H and O–H groups in total. The zero-order valence-corrected chi connectivity index (χ0v) is 19.6. The third kappa shape index (κ3) is 4.87. The Morgan fingerprint density at radius 1 is 1.09 bits per heavy atom. The maximum atomic E-state index is 12.6. The number of H-pyrrole nitrogens is 1. The van der Waals surface area contributed by atoms with Crippen molar-refractivity contribution in [2.75, 3.05) is 19.5 Å². The summed E-state index contributed by atoms with van der Waals surface area (Å²) in [6.07, 6.45) is 4.13. The summed E-state index contributed by atoms with van der Waals surface area (Å²) < 4.78 is 12.6. The minimum absolute atomic E-state index is 0.00621. The van der Waals surface area contributed by atoms with Gasteiger partial charge in [0, 0.05) is 23.5 Å². The van der Waals surface area contributed by atoms with E-state index in [1.165, 1.54) is 10.9 Å². The van der Waals surface area contributed by atoms with Crippen LogP contribution in [0.4, 0.5) is 5.69 Å². The highest BCUT2D eigenvalue weighted by Gasteiger charge is 2.15. The van der Waals surface area contributed by atoms with Gasteiger partial charge >= 0.3 is 0 Å². The number of hydrogen-bond donors (Lipinski definition) is 2. The molecule has 0 aliphatic rings. The Hall–Kier alpha value is -3.74. The number of nitrogens with one attached hydrogen (secondary N) is 2. The van der Waals surface area contributed by atoms with Crippen LogP contribution in [-0.4, -0.2) is 34.9 Å². The Morgan fingerprint density at radius 2 is 1.88 bits per heavy atom. The first-order valence-electron chi connectivity index (χ1n) is 11.1. The van der Waals surface area contributed by atoms with E-state index < -0.39 is 0 Å². The van der Waals surface area contributed by atoms with E-state index in [4.69, 9.17) is 9.47 Å². The lowest BCUT2D eigenvalue weighted by atomic mass is 10.1. The van der Waals surface area contributed by atoms with Gasteiger partial charge in [-0.15, -0.1) is 0 Å². The van der Waals surface area contributed by atoms with Crippen molar-refractivity contribution >= 4 is 22.5 Å². The van der Waals surface area contributed by atoms with E-state index >= 15 is 0 Å². The van der Waals surface area contributed by atoms with Gasteiger partial charge in [0.1, 0.15) is 0 Å². The van der Waals surface area contributed by atoms with Gasteiger partial charge < -0.3 is 19.8 Å². The first-order chi connectivity index (χ1) is 16.0. The second-order valence-electron chi connectivity index (χ2n) is 8.15. The van der Waals surface area contributed by atoms with Gasteiger partial charge in [0.05, 0.1) is 37.8 Å². The second-order valence-corrected chi connectivity index (χ2v) is 8.15. The smallest absolute Gasteiger partial charge is 0.224 e. The number of anilines is 1. The summed E-state index contributed by atoms with van der Waals surface area (Å²) in [6.45, 7) is 4.46. The molecular formula is C26H30N4O3. The van der Waals surface area contributed by atoms with Crippen LogP contribution in [-0.2, 0) is 17.8 Å². The molecule has 0 saturated carbocycles. The summed E-state index contributed by atoms with van der Waals surface area (Å²) >= 11 is 0. The van der Waals surface area contributed by atoms with E-state index in [0.717, 1.165) is 41.0 Å². The Labute approximate surface area is 193 Å². The number of aromatic nitrogens is 3. The summed E-state index contributed by atoms with van der Waals surface area (Å²) in [5, 5.41) is 8.93. The number of carbonyl (C=O) groups excluding carboxylic acids is 1. The van der Waals surface area contributed by atoms with Crippen molar-refractivity contribution in [3.05, 3.63) is 71.2 Å². The molecule has 2 heterocycles. The largest absolute Gasteiger partial charge is 0.493 e. The molecule has 33 heavy (non-hydrogen) atoms. The lowest BCUT2D eigenvalue weighted by Gasteiger charge is -2.11. The van der Waals surface area contributed by atoms with Crippen molar-refractivity contribution in [1.29, 1.82) is 0 Å². The lowest BCUT2D eigenvalue weighted by Crippen LogP contribution is -2.13. The molecule has 7 heteroatoms. The average molecular weight is 447 g/mol. The molecule has 0 aliphatic heterocycles. The molecule has 2 aromatic heterocycles. The fourth-order valence-corrected chi connectivity index (χ4v) is 4.16. The monoisotopic (exact) mass is 446 g/mol. The highest BCUT2D eigenvalue weighted by Crippen LogP contribution is 2.29. The number of aromatic amines is 1. The maximum Gasteiger partial charge on any atom is 0.224 e. The topological polar surface area (TPSA) is 81.2 Å². The van der Waals surface area contributed by atoms with Crippen molar-refractivity contribution in [1.82, 2.24) is 14.8 Å². The van der Waals surface area contributed by atoms with Gasteiger partial charge in [0.2, 0.25) is 5.91 Å². The molecule has 0 aliphatic carbocycles. The molecule has 0 saturated heterocycles. The molecule has 0 fully saturated rings. The van der Waals surface area contributed by atoms with Crippen molar-refractivity contribution in [3.63, 3.8) is 0 Å². The standard InChI is InChI=1S/C26H30N4O3/c1-17-26(18(2)30(29-17)16-19-12-13-23(32-3)24(14-19)33-4)28-25(31)11-7-8-20-15-27-22-10-6-5-9-21(20)22/h5-6,9-10,12-15,27H,7-8,11,16H2,1-4H3,(H,28,31). The summed E-state index contributed by atoms with van der Waals surface area (Å²) in [5.74, 6) is 1.38. The second kappa shape index (κ2) is 9.81. The molecule has 0 atom stereocenters. The van der Waals surface area contributed by atoms with Crippen LogP contribution in [0.15, 0.2) is 48.7 Å². The summed E-state index contributed by atoms with van der Waals surface area (Å²) in [4.78, 5) is 15.9. The number of methoxy groups -OCH3 is 2. The van der Waals surface area contributed by atoms with Crippen LogP contribution in [0.2, 0.25) is 0 Å². The lowest BCUT2D eigenvalue weighted by molar-refractivity contribution is -0.116. The molecule has 4 rings (SSSR count). The van der Waals surface area contributed by atoms with Crippen molar-refractivity contribution in [3.8, 4) is 11.5 Å². The predicted octanol–water partition coefficient (Wildman–Crippen LogP) is 5.01. The van der Waals surface area contributed by atoms with E-state index in [1.54, 1.807) is 14.2 Å². The van der Waals surface area contributed by atoms with E-state index in [2.05, 4.69) is 27.5 Å². The summed E-state index contributed by atoms with van der Waals surface area (Å²) in [6, 6.07) is 14.1. The van der Waals surface area contributed by atoms with E-state index in [0.29, 0.717) is 24.5 Å². The maximum absolute atomic E-state index is 12.6. The Morgan fingerprint density at radius 3 is 2.67 bits per heavy atom.